The molecule has 0 heterocycles. The van der Waals surface area contributed by atoms with Crippen LogP contribution in [0.25, 0.3) is 0 Å². The Labute approximate surface area is 124 Å². The average molecular weight is 288 g/mol. The Kier molecular flexibility index (Phi) is 3.05. The molecule has 112 valence electrons. The maximum atomic E-state index is 14.1. The Morgan fingerprint density at radius 3 is 2.57 bits per heavy atom. The number of fused-ring (bicyclic) bond motifs is 2. The van der Waals surface area contributed by atoms with Crippen molar-refractivity contribution in [3.63, 3.8) is 0 Å². The molecule has 3 unspecified atom stereocenters. The van der Waals surface area contributed by atoms with Gasteiger partial charge in [-0.15, -0.1) is 0 Å². The molecule has 0 aliphatic heterocycles. The van der Waals surface area contributed by atoms with E-state index in [0.29, 0.717) is 17.6 Å². The van der Waals surface area contributed by atoms with Crippen LogP contribution in [0.2, 0.25) is 0 Å². The summed E-state index contributed by atoms with van der Waals surface area (Å²) in [7, 11) is 0. The number of rotatable bonds is 4. The van der Waals surface area contributed by atoms with Crippen molar-refractivity contribution in [2.45, 2.75) is 57.5 Å². The Morgan fingerprint density at radius 2 is 2.00 bits per heavy atom. The zero-order valence-electron chi connectivity index (χ0n) is 12.4. The summed E-state index contributed by atoms with van der Waals surface area (Å²) in [5.41, 5.74) is 1.25. The Balaban J connectivity index is 1.64. The van der Waals surface area contributed by atoms with Gasteiger partial charge in [0.15, 0.2) is 5.78 Å². The van der Waals surface area contributed by atoms with E-state index in [-0.39, 0.29) is 17.5 Å². The topological polar surface area (TPSA) is 26.3 Å². The van der Waals surface area contributed by atoms with Crippen LogP contribution in [0.5, 0.6) is 5.75 Å². The molecular formula is C18H21FO2. The highest BCUT2D eigenvalue weighted by Crippen LogP contribution is 2.49. The van der Waals surface area contributed by atoms with Crippen LogP contribution >= 0.6 is 0 Å². The van der Waals surface area contributed by atoms with Gasteiger partial charge in [-0.25, -0.2) is 4.39 Å². The van der Waals surface area contributed by atoms with Gasteiger partial charge in [-0.05, 0) is 74.8 Å². The molecule has 1 aromatic carbocycles. The fourth-order valence-electron chi connectivity index (χ4n) is 4.15. The Morgan fingerprint density at radius 1 is 1.19 bits per heavy atom. The van der Waals surface area contributed by atoms with Crippen molar-refractivity contribution in [2.24, 2.45) is 11.8 Å². The molecule has 4 rings (SSSR count). The van der Waals surface area contributed by atoms with Crippen molar-refractivity contribution in [3.05, 3.63) is 29.1 Å². The van der Waals surface area contributed by atoms with Crippen LogP contribution in [0, 0.1) is 17.7 Å². The highest BCUT2D eigenvalue weighted by molar-refractivity contribution is 5.94. The molecule has 0 spiro atoms. The van der Waals surface area contributed by atoms with Gasteiger partial charge in [0.25, 0.3) is 0 Å². The summed E-state index contributed by atoms with van der Waals surface area (Å²) < 4.78 is 20.3. The van der Waals surface area contributed by atoms with Crippen molar-refractivity contribution in [1.29, 1.82) is 0 Å². The van der Waals surface area contributed by atoms with Crippen LogP contribution in [-0.2, 0) is 0 Å². The zero-order valence-corrected chi connectivity index (χ0v) is 12.4. The summed E-state index contributed by atoms with van der Waals surface area (Å²) in [5.74, 6) is 1.96. The summed E-state index contributed by atoms with van der Waals surface area (Å²) in [5, 5.41) is 0. The van der Waals surface area contributed by atoms with Crippen molar-refractivity contribution in [1.82, 2.24) is 0 Å². The molecule has 0 amide bonds. The molecule has 3 aliphatic carbocycles. The number of carbonyl (C=O) groups is 1. The minimum Gasteiger partial charge on any atom is -0.490 e. The lowest BCUT2D eigenvalue weighted by molar-refractivity contribution is 0.101. The number of hydrogen-bond donors (Lipinski definition) is 0. The number of Topliss-reactive ketones (excluding diaryl/α,β-unsaturated/α-hetero) is 1. The third-order valence-electron chi connectivity index (χ3n) is 5.45. The first-order valence-electron chi connectivity index (χ1n) is 8.13. The van der Waals surface area contributed by atoms with E-state index in [2.05, 4.69) is 0 Å². The highest BCUT2D eigenvalue weighted by Gasteiger charge is 2.41. The third-order valence-corrected chi connectivity index (χ3v) is 5.45. The van der Waals surface area contributed by atoms with Crippen LogP contribution in [-0.4, -0.2) is 11.9 Å². The summed E-state index contributed by atoms with van der Waals surface area (Å²) in [6.45, 7) is 1.42. The van der Waals surface area contributed by atoms with Gasteiger partial charge < -0.3 is 4.74 Å². The van der Waals surface area contributed by atoms with Crippen LogP contribution in [0.3, 0.4) is 0 Å². The largest absolute Gasteiger partial charge is 0.490 e. The van der Waals surface area contributed by atoms with Crippen LogP contribution < -0.4 is 4.74 Å². The first-order chi connectivity index (χ1) is 10.1. The summed E-state index contributed by atoms with van der Waals surface area (Å²) in [6.07, 6.45) is 7.47. The predicted molar refractivity (Wildman–Crippen MR) is 78.2 cm³/mol. The lowest BCUT2D eigenvalue weighted by Crippen LogP contribution is -2.24. The fourth-order valence-corrected chi connectivity index (χ4v) is 4.15. The van der Waals surface area contributed by atoms with Gasteiger partial charge in [0.1, 0.15) is 17.7 Å². The van der Waals surface area contributed by atoms with E-state index in [1.165, 1.54) is 32.3 Å². The molecule has 2 nitrogen and oxygen atoms in total. The van der Waals surface area contributed by atoms with E-state index < -0.39 is 5.82 Å². The summed E-state index contributed by atoms with van der Waals surface area (Å²) in [6, 6.07) is 3.19. The predicted octanol–water partition coefficient (Wildman–Crippen LogP) is 4.47. The van der Waals surface area contributed by atoms with E-state index >= 15 is 0 Å². The molecule has 0 aromatic heterocycles. The number of ketones is 1. The molecule has 3 fully saturated rings. The normalized spacial score (nSPS) is 30.7. The lowest BCUT2D eigenvalue weighted by Gasteiger charge is -2.25. The molecule has 3 saturated carbocycles. The van der Waals surface area contributed by atoms with Crippen LogP contribution in [0.4, 0.5) is 4.39 Å². The Bertz CT molecular complexity index is 591. The third kappa shape index (κ3) is 2.37. The van der Waals surface area contributed by atoms with Crippen molar-refractivity contribution in [2.75, 3.05) is 0 Å². The molecule has 0 saturated heterocycles. The van der Waals surface area contributed by atoms with E-state index in [9.17, 15) is 9.18 Å². The molecule has 3 heteroatoms. The van der Waals surface area contributed by atoms with Crippen molar-refractivity contribution in [3.8, 4) is 5.75 Å². The number of carbonyl (C=O) groups excluding carboxylic acids is 1. The van der Waals surface area contributed by atoms with Crippen molar-refractivity contribution < 1.29 is 13.9 Å². The van der Waals surface area contributed by atoms with Gasteiger partial charge in [-0.2, -0.15) is 0 Å². The second-order valence-electron chi connectivity index (χ2n) is 7.03. The number of hydrogen-bond acceptors (Lipinski definition) is 2. The van der Waals surface area contributed by atoms with Gasteiger partial charge in [-0.1, -0.05) is 0 Å². The first-order valence-corrected chi connectivity index (χ1v) is 8.13. The maximum absolute atomic E-state index is 14.1. The molecule has 0 radical (unpaired) electrons. The second-order valence-corrected chi connectivity index (χ2v) is 7.03. The fraction of sp³-hybridized carbons (Fsp3) is 0.611. The molecule has 3 aliphatic rings. The molecule has 2 bridgehead atoms. The number of ether oxygens (including phenoxy) is 1. The quantitative estimate of drug-likeness (QED) is 0.764. The minimum absolute atomic E-state index is 0.206. The minimum atomic E-state index is -0.440. The van der Waals surface area contributed by atoms with E-state index in [1.54, 1.807) is 6.07 Å². The highest BCUT2D eigenvalue weighted by atomic mass is 19.1. The van der Waals surface area contributed by atoms with Gasteiger partial charge >= 0.3 is 0 Å². The van der Waals surface area contributed by atoms with E-state index in [4.69, 9.17) is 4.74 Å². The van der Waals surface area contributed by atoms with Crippen molar-refractivity contribution >= 4 is 5.78 Å². The standard InChI is InChI=1S/C18H21FO2/c1-10(20)14-8-15(12-4-5-12)18(9-16(14)19)21-17-7-11-2-3-13(17)6-11/h8-9,11-13,17H,2-7H2,1H3. The molecule has 0 N–H and O–H groups in total. The van der Waals surface area contributed by atoms with Crippen LogP contribution in [0.1, 0.15) is 67.3 Å². The van der Waals surface area contributed by atoms with Gasteiger partial charge in [0.2, 0.25) is 0 Å². The number of benzene rings is 1. The molecular weight excluding hydrogens is 267 g/mol. The molecule has 3 atom stereocenters. The average Bonchev–Trinajstić information content (AvgIpc) is 3.07. The SMILES string of the molecule is CC(=O)c1cc(C2CC2)c(OC2CC3CCC2C3)cc1F. The molecule has 1 aromatic rings. The molecule has 21 heavy (non-hydrogen) atoms. The zero-order chi connectivity index (χ0) is 14.6. The smallest absolute Gasteiger partial charge is 0.162 e. The monoisotopic (exact) mass is 288 g/mol. The van der Waals surface area contributed by atoms with E-state index in [0.717, 1.165) is 30.7 Å². The van der Waals surface area contributed by atoms with Gasteiger partial charge in [0.05, 0.1) is 5.56 Å². The first kappa shape index (κ1) is 13.3. The van der Waals surface area contributed by atoms with E-state index in [1.807, 2.05) is 0 Å². The number of halogens is 1. The van der Waals surface area contributed by atoms with Gasteiger partial charge in [0, 0.05) is 6.07 Å². The second kappa shape index (κ2) is 4.82. The Hall–Kier alpha value is -1.38. The summed E-state index contributed by atoms with van der Waals surface area (Å²) in [4.78, 5) is 11.5. The maximum Gasteiger partial charge on any atom is 0.162 e. The summed E-state index contributed by atoms with van der Waals surface area (Å²) >= 11 is 0. The lowest BCUT2D eigenvalue weighted by atomic mass is 9.97. The van der Waals surface area contributed by atoms with Crippen LogP contribution in [0.15, 0.2) is 12.1 Å². The van der Waals surface area contributed by atoms with Gasteiger partial charge in [-0.3, -0.25) is 4.79 Å².